The predicted molar refractivity (Wildman–Crippen MR) is 114 cm³/mol. The van der Waals surface area contributed by atoms with Crippen LogP contribution in [-0.4, -0.2) is 20.7 Å². The molecule has 2 heterocycles. The maximum Gasteiger partial charge on any atom is 0.231 e. The van der Waals surface area contributed by atoms with Crippen LogP contribution < -0.4 is 5.32 Å². The van der Waals surface area contributed by atoms with Crippen LogP contribution >= 0.6 is 15.9 Å². The summed E-state index contributed by atoms with van der Waals surface area (Å²) in [6.07, 6.45) is 1.64. The summed E-state index contributed by atoms with van der Waals surface area (Å²) in [5.41, 5.74) is 1.58. The summed E-state index contributed by atoms with van der Waals surface area (Å²) in [4.78, 5) is 16.9. The topological polar surface area (TPSA) is 73.0 Å². The zero-order valence-electron chi connectivity index (χ0n) is 16.4. The van der Waals surface area contributed by atoms with Gasteiger partial charge in [-0.1, -0.05) is 18.2 Å². The number of anilines is 1. The molecule has 4 rings (SSSR count). The van der Waals surface area contributed by atoms with Crippen molar-refractivity contribution in [1.82, 2.24) is 14.8 Å². The molecule has 0 atom stereocenters. The molecular formula is C22H17BrF2N4O2. The number of nitrogens with zero attached hydrogens (tertiary/aromatic N) is 3. The van der Waals surface area contributed by atoms with E-state index in [4.69, 9.17) is 4.42 Å². The Balaban J connectivity index is 1.44. The lowest BCUT2D eigenvalue weighted by Crippen LogP contribution is -2.16. The minimum atomic E-state index is -0.355. The van der Waals surface area contributed by atoms with Gasteiger partial charge in [-0.15, -0.1) is 0 Å². The first-order valence-electron chi connectivity index (χ1n) is 9.37. The highest BCUT2D eigenvalue weighted by molar-refractivity contribution is 9.10. The molecule has 1 amide bonds. The molecule has 2 aromatic carbocycles. The van der Waals surface area contributed by atoms with Gasteiger partial charge in [-0.2, -0.15) is 5.10 Å². The molecule has 0 spiro atoms. The second-order valence-corrected chi connectivity index (χ2v) is 7.72. The van der Waals surface area contributed by atoms with Crippen LogP contribution in [-0.2, 0) is 17.8 Å². The van der Waals surface area contributed by atoms with E-state index in [1.807, 2.05) is 0 Å². The van der Waals surface area contributed by atoms with Crippen LogP contribution in [0.15, 0.2) is 63.6 Å². The average Bonchev–Trinajstić information content (AvgIpc) is 3.26. The molecule has 0 bridgehead atoms. The number of carbonyl (C=O) groups is 1. The second kappa shape index (κ2) is 8.81. The molecule has 0 saturated heterocycles. The number of carbonyl (C=O) groups excluding carboxylic acids is 1. The maximum absolute atomic E-state index is 13.9. The third-order valence-corrected chi connectivity index (χ3v) is 5.16. The Bertz CT molecular complexity index is 1230. The van der Waals surface area contributed by atoms with Crippen molar-refractivity contribution in [1.29, 1.82) is 0 Å². The minimum absolute atomic E-state index is 0.0247. The van der Waals surface area contributed by atoms with Gasteiger partial charge in [-0.05, 0) is 53.2 Å². The number of hydrogen-bond donors (Lipinski definition) is 1. The molecule has 0 saturated carbocycles. The molecule has 0 aliphatic carbocycles. The summed E-state index contributed by atoms with van der Waals surface area (Å²) >= 11 is 3.36. The zero-order valence-corrected chi connectivity index (χ0v) is 18.0. The van der Waals surface area contributed by atoms with Crippen LogP contribution in [0.25, 0.3) is 11.5 Å². The van der Waals surface area contributed by atoms with E-state index in [9.17, 15) is 13.6 Å². The molecule has 4 aromatic rings. The first kappa shape index (κ1) is 20.9. The van der Waals surface area contributed by atoms with E-state index < -0.39 is 0 Å². The number of rotatable bonds is 6. The Labute approximate surface area is 185 Å². The smallest absolute Gasteiger partial charge is 0.231 e. The fraction of sp³-hybridized carbons (Fsp3) is 0.136. The van der Waals surface area contributed by atoms with Crippen LogP contribution in [0.3, 0.4) is 0 Å². The molecule has 31 heavy (non-hydrogen) atoms. The molecule has 9 heteroatoms. The van der Waals surface area contributed by atoms with Gasteiger partial charge in [0.2, 0.25) is 11.8 Å². The molecule has 0 fully saturated rings. The van der Waals surface area contributed by atoms with Gasteiger partial charge in [-0.25, -0.2) is 13.8 Å². The summed E-state index contributed by atoms with van der Waals surface area (Å²) < 4.78 is 34.7. The highest BCUT2D eigenvalue weighted by Gasteiger charge is 2.17. The van der Waals surface area contributed by atoms with Crippen molar-refractivity contribution in [3.63, 3.8) is 0 Å². The van der Waals surface area contributed by atoms with E-state index in [-0.39, 0.29) is 30.5 Å². The fourth-order valence-electron chi connectivity index (χ4n) is 3.00. The predicted octanol–water partition coefficient (Wildman–Crippen LogP) is 5.12. The van der Waals surface area contributed by atoms with E-state index in [0.717, 1.165) is 0 Å². The van der Waals surface area contributed by atoms with E-state index in [1.54, 1.807) is 43.5 Å². The van der Waals surface area contributed by atoms with E-state index in [2.05, 4.69) is 31.3 Å². The highest BCUT2D eigenvalue weighted by atomic mass is 79.9. The number of aryl methyl sites for hydroxylation is 1. The van der Waals surface area contributed by atoms with Crippen molar-refractivity contribution >= 4 is 27.7 Å². The summed E-state index contributed by atoms with van der Waals surface area (Å²) in [6, 6.07) is 12.2. The van der Waals surface area contributed by atoms with Crippen molar-refractivity contribution in [2.75, 3.05) is 5.32 Å². The van der Waals surface area contributed by atoms with Gasteiger partial charge in [0.1, 0.15) is 17.4 Å². The molecular weight excluding hydrogens is 470 g/mol. The van der Waals surface area contributed by atoms with Crippen LogP contribution in [0.1, 0.15) is 17.0 Å². The number of nitrogens with one attached hydrogen (secondary N) is 1. The van der Waals surface area contributed by atoms with Gasteiger partial charge in [0, 0.05) is 17.3 Å². The molecule has 6 nitrogen and oxygen atoms in total. The number of oxazole rings is 1. The first-order valence-corrected chi connectivity index (χ1v) is 10.2. The van der Waals surface area contributed by atoms with Crippen molar-refractivity contribution < 1.29 is 18.0 Å². The normalized spacial score (nSPS) is 11.0. The Morgan fingerprint density at radius 1 is 1.16 bits per heavy atom. The number of benzene rings is 2. The summed E-state index contributed by atoms with van der Waals surface area (Å²) in [5, 5.41) is 7.02. The fourth-order valence-corrected chi connectivity index (χ4v) is 3.42. The number of hydrogen-bond acceptors (Lipinski definition) is 4. The molecule has 158 valence electrons. The van der Waals surface area contributed by atoms with Crippen LogP contribution in [0.2, 0.25) is 0 Å². The molecule has 0 aliphatic heterocycles. The number of amides is 1. The molecule has 2 aromatic heterocycles. The second-order valence-electron chi connectivity index (χ2n) is 6.87. The minimum Gasteiger partial charge on any atom is -0.441 e. The van der Waals surface area contributed by atoms with Gasteiger partial charge in [0.25, 0.3) is 0 Å². The summed E-state index contributed by atoms with van der Waals surface area (Å²) in [5.74, 6) is 0.124. The van der Waals surface area contributed by atoms with Gasteiger partial charge in [0.05, 0.1) is 23.1 Å². The van der Waals surface area contributed by atoms with E-state index in [0.29, 0.717) is 38.8 Å². The van der Waals surface area contributed by atoms with Gasteiger partial charge in [-0.3, -0.25) is 9.48 Å². The molecule has 1 N–H and O–H groups in total. The third kappa shape index (κ3) is 4.88. The highest BCUT2D eigenvalue weighted by Crippen LogP contribution is 2.24. The van der Waals surface area contributed by atoms with Crippen molar-refractivity contribution in [2.45, 2.75) is 19.9 Å². The Morgan fingerprint density at radius 2 is 1.90 bits per heavy atom. The van der Waals surface area contributed by atoms with E-state index in [1.165, 1.54) is 22.9 Å². The molecule has 0 radical (unpaired) electrons. The largest absolute Gasteiger partial charge is 0.441 e. The number of aromatic nitrogens is 3. The zero-order chi connectivity index (χ0) is 22.0. The standard InChI is InChI=1S/C22H17BrF2N4O2/c1-13-19(26-22(31-13)14-6-8-16(24)9-7-14)10-20(30)27-21-17(23)12-29(28-21)11-15-4-2-3-5-18(15)25/h2-9,12H,10-11H2,1H3,(H,27,28,30). The van der Waals surface area contributed by atoms with Crippen molar-refractivity contribution in [3.05, 3.63) is 87.9 Å². The lowest BCUT2D eigenvalue weighted by molar-refractivity contribution is -0.115. The van der Waals surface area contributed by atoms with Gasteiger partial charge in [0.15, 0.2) is 5.82 Å². The van der Waals surface area contributed by atoms with Gasteiger partial charge < -0.3 is 9.73 Å². The third-order valence-electron chi connectivity index (χ3n) is 4.58. The lowest BCUT2D eigenvalue weighted by atomic mass is 10.2. The van der Waals surface area contributed by atoms with Crippen molar-refractivity contribution in [3.8, 4) is 11.5 Å². The molecule has 0 unspecified atom stereocenters. The SMILES string of the molecule is Cc1oc(-c2ccc(F)cc2)nc1CC(=O)Nc1nn(Cc2ccccc2F)cc1Br. The Kier molecular flexibility index (Phi) is 5.94. The monoisotopic (exact) mass is 486 g/mol. The number of halogens is 3. The van der Waals surface area contributed by atoms with E-state index >= 15 is 0 Å². The Morgan fingerprint density at radius 3 is 2.65 bits per heavy atom. The lowest BCUT2D eigenvalue weighted by Gasteiger charge is -2.03. The Hall–Kier alpha value is -3.33. The summed E-state index contributed by atoms with van der Waals surface area (Å²) in [7, 11) is 0. The quantitative estimate of drug-likeness (QED) is 0.410. The van der Waals surface area contributed by atoms with Crippen LogP contribution in [0.4, 0.5) is 14.6 Å². The average molecular weight is 487 g/mol. The maximum atomic E-state index is 13.9. The van der Waals surface area contributed by atoms with Crippen molar-refractivity contribution in [2.24, 2.45) is 0 Å². The first-order chi connectivity index (χ1) is 14.9. The summed E-state index contributed by atoms with van der Waals surface area (Å²) in [6.45, 7) is 1.94. The van der Waals surface area contributed by atoms with Crippen LogP contribution in [0.5, 0.6) is 0 Å². The molecule has 0 aliphatic rings. The van der Waals surface area contributed by atoms with Crippen LogP contribution in [0, 0.1) is 18.6 Å². The van der Waals surface area contributed by atoms with Gasteiger partial charge >= 0.3 is 0 Å².